The van der Waals surface area contributed by atoms with Gasteiger partial charge < -0.3 is 28.7 Å². The van der Waals surface area contributed by atoms with Gasteiger partial charge in [-0.25, -0.2) is 0 Å². The first kappa shape index (κ1) is 70.2. The molecule has 2 aliphatic carbocycles. The second kappa shape index (κ2) is 31.8. The van der Waals surface area contributed by atoms with Gasteiger partial charge in [0.1, 0.15) is 0 Å². The molecule has 9 aromatic carbocycles. The van der Waals surface area contributed by atoms with Crippen LogP contribution in [-0.2, 0) is 10.8 Å². The number of nitrogens with zero attached hydrogens (tertiary/aromatic N) is 2. The lowest BCUT2D eigenvalue weighted by molar-refractivity contribution is -0.0437. The third-order valence-corrected chi connectivity index (χ3v) is 22.4. The van der Waals surface area contributed by atoms with E-state index in [4.69, 9.17) is 18.9 Å². The largest absolute Gasteiger partial charge is 0.449 e. The van der Waals surface area contributed by atoms with Crippen LogP contribution in [0.25, 0.3) is 44.5 Å². The fraction of sp³-hybridized carbons (Fsp3) is 0.426. The molecule has 0 atom stereocenters. The van der Waals surface area contributed by atoms with Crippen LogP contribution >= 0.6 is 0 Å². The molecular formula is C94H112N2O4. The first-order valence-corrected chi connectivity index (χ1v) is 39.3. The lowest BCUT2D eigenvalue weighted by Crippen LogP contribution is -2.29. The summed E-state index contributed by atoms with van der Waals surface area (Å²) in [6.07, 6.45) is 34.9. The molecule has 0 aromatic heterocycles. The van der Waals surface area contributed by atoms with Crippen molar-refractivity contribution < 1.29 is 18.9 Å². The van der Waals surface area contributed by atoms with Crippen molar-refractivity contribution in [2.45, 2.75) is 258 Å². The number of ether oxygens (including phenoxy) is 4. The van der Waals surface area contributed by atoms with Gasteiger partial charge in [0.25, 0.3) is 0 Å². The monoisotopic (exact) mass is 1330 g/mol. The van der Waals surface area contributed by atoms with E-state index in [-0.39, 0.29) is 10.8 Å². The predicted molar refractivity (Wildman–Crippen MR) is 422 cm³/mol. The van der Waals surface area contributed by atoms with Gasteiger partial charge in [0.05, 0.1) is 11.4 Å². The molecule has 2 heterocycles. The Morgan fingerprint density at radius 2 is 0.560 bits per heavy atom. The smallest absolute Gasteiger partial charge is 0.246 e. The van der Waals surface area contributed by atoms with Crippen LogP contribution in [-0.4, -0.2) is 11.6 Å². The molecule has 0 unspecified atom stereocenters. The summed E-state index contributed by atoms with van der Waals surface area (Å²) in [5, 5.41) is 0. The molecule has 0 radical (unpaired) electrons. The van der Waals surface area contributed by atoms with Crippen molar-refractivity contribution in [1.29, 1.82) is 0 Å². The molecule has 0 N–H and O–H groups in total. The Morgan fingerprint density at radius 3 is 0.920 bits per heavy atom. The van der Waals surface area contributed by atoms with Crippen molar-refractivity contribution in [3.05, 3.63) is 216 Å². The van der Waals surface area contributed by atoms with E-state index >= 15 is 0 Å². The third-order valence-electron chi connectivity index (χ3n) is 22.4. The van der Waals surface area contributed by atoms with Gasteiger partial charge in [-0.2, -0.15) is 0 Å². The fourth-order valence-electron chi connectivity index (χ4n) is 17.5. The molecule has 2 aliphatic heterocycles. The summed E-state index contributed by atoms with van der Waals surface area (Å²) in [6.45, 7) is 17.3. The van der Waals surface area contributed by atoms with Gasteiger partial charge in [0.15, 0.2) is 23.0 Å². The zero-order chi connectivity index (χ0) is 69.1. The SMILES string of the molecule is CCCCCCCCC1(CCCCCCCC)c2cc(N(c3ccccc3)c3ccccc3-c3ccc4c(c3)OC(C)(C)O4)ccc2-c2cc3c(cc21)-c1ccc(N(c2ccccc2)c2ccccc2-c2ccc4c(c2)OC(C)(C)O4)cc1C3(CCCCCCCC)CCCCCCCC. The highest BCUT2D eigenvalue weighted by molar-refractivity contribution is 5.95. The van der Waals surface area contributed by atoms with Crippen LogP contribution in [0.3, 0.4) is 0 Å². The lowest BCUT2D eigenvalue weighted by atomic mass is 9.68. The van der Waals surface area contributed by atoms with Gasteiger partial charge in [0.2, 0.25) is 11.6 Å². The Morgan fingerprint density at radius 1 is 0.250 bits per heavy atom. The van der Waals surface area contributed by atoms with Crippen molar-refractivity contribution in [1.82, 2.24) is 0 Å². The highest BCUT2D eigenvalue weighted by atomic mass is 16.7. The molecule has 0 spiro atoms. The van der Waals surface area contributed by atoms with Gasteiger partial charge >= 0.3 is 0 Å². The lowest BCUT2D eigenvalue weighted by Gasteiger charge is -2.36. The summed E-state index contributed by atoms with van der Waals surface area (Å²) in [5.41, 5.74) is 23.0. The van der Waals surface area contributed by atoms with Crippen LogP contribution in [0.1, 0.15) is 257 Å². The first-order valence-electron chi connectivity index (χ1n) is 39.3. The minimum atomic E-state index is -0.722. The molecule has 0 amide bonds. The van der Waals surface area contributed by atoms with Gasteiger partial charge in [-0.05, 0) is 178 Å². The Balaban J connectivity index is 1.00. The Kier molecular flexibility index (Phi) is 22.3. The molecule has 0 saturated heterocycles. The highest BCUT2D eigenvalue weighted by Gasteiger charge is 2.49. The maximum atomic E-state index is 6.42. The van der Waals surface area contributed by atoms with E-state index in [1.165, 1.54) is 199 Å². The average Bonchev–Trinajstić information content (AvgIpc) is 1.53. The van der Waals surface area contributed by atoms with E-state index in [1.807, 2.05) is 27.7 Å². The van der Waals surface area contributed by atoms with Gasteiger partial charge in [-0.1, -0.05) is 279 Å². The van der Waals surface area contributed by atoms with Crippen molar-refractivity contribution in [2.75, 3.05) is 9.80 Å². The normalized spacial score (nSPS) is 15.0. The predicted octanol–water partition coefficient (Wildman–Crippen LogP) is 28.5. The number of anilines is 6. The van der Waals surface area contributed by atoms with Gasteiger partial charge in [-0.15, -0.1) is 0 Å². The Labute approximate surface area is 600 Å². The highest BCUT2D eigenvalue weighted by Crippen LogP contribution is 2.63. The maximum absolute atomic E-state index is 6.42. The molecule has 9 aromatic rings. The van der Waals surface area contributed by atoms with Crippen LogP contribution < -0.4 is 28.7 Å². The van der Waals surface area contributed by atoms with E-state index in [1.54, 1.807) is 11.1 Å². The molecule has 13 rings (SSSR count). The van der Waals surface area contributed by atoms with Gasteiger partial charge in [-0.3, -0.25) is 0 Å². The molecule has 0 bridgehead atoms. The summed E-state index contributed by atoms with van der Waals surface area (Å²) in [4.78, 5) is 5.08. The zero-order valence-corrected chi connectivity index (χ0v) is 61.8. The molecule has 100 heavy (non-hydrogen) atoms. The van der Waals surface area contributed by atoms with E-state index in [0.29, 0.717) is 0 Å². The van der Waals surface area contributed by atoms with Crippen LogP contribution in [0.2, 0.25) is 0 Å². The Hall–Kier alpha value is -8.22. The van der Waals surface area contributed by atoms with Crippen LogP contribution in [0.4, 0.5) is 34.1 Å². The van der Waals surface area contributed by atoms with Crippen molar-refractivity contribution >= 4 is 34.1 Å². The molecular weight excluding hydrogens is 1220 g/mol. The number of unbranched alkanes of at least 4 members (excludes halogenated alkanes) is 20. The number of hydrogen-bond acceptors (Lipinski definition) is 6. The number of hydrogen-bond donors (Lipinski definition) is 0. The summed E-state index contributed by atoms with van der Waals surface area (Å²) >= 11 is 0. The molecule has 6 nitrogen and oxygen atoms in total. The number of benzene rings is 9. The standard InChI is InChI=1S/C94H112N2O4/c1-9-13-17-21-25-39-59-93(60-40-26-22-18-14-10-2)81-65-73(95(71-43-31-29-32-44-71)85-49-37-35-47-75(85)69-51-57-87-89(63-69)99-91(5,6)97-87)53-55-77(81)79-68-84-80(67-83(79)93)78-56-54-74(66-82(78)94(84,61-41-27-23-19-15-11-3)62-42-28-24-20-16-12-4)96(72-45-33-30-34-46-72)86-50-38-36-48-76(86)70-52-58-88-90(64-70)100-92(7,8)98-88/h29-38,43-58,63-68H,9-28,39-42,59-62H2,1-8H3. The average molecular weight is 1330 g/mol. The van der Waals surface area contributed by atoms with E-state index in [0.717, 1.165) is 93.7 Å². The summed E-state index contributed by atoms with van der Waals surface area (Å²) in [6, 6.07) is 74.3. The van der Waals surface area contributed by atoms with Crippen molar-refractivity contribution in [3.8, 4) is 67.5 Å². The molecule has 4 aliphatic rings. The van der Waals surface area contributed by atoms with Gasteiger partial charge in [0, 0.05) is 72.4 Å². The van der Waals surface area contributed by atoms with Crippen molar-refractivity contribution in [3.63, 3.8) is 0 Å². The quantitative estimate of drug-likeness (QED) is 0.0365. The van der Waals surface area contributed by atoms with E-state index in [9.17, 15) is 0 Å². The second-order valence-corrected chi connectivity index (χ2v) is 30.5. The first-order chi connectivity index (χ1) is 48.9. The molecule has 522 valence electrons. The van der Waals surface area contributed by atoms with E-state index < -0.39 is 11.6 Å². The number of fused-ring (bicyclic) bond motifs is 8. The van der Waals surface area contributed by atoms with Crippen LogP contribution in [0.5, 0.6) is 23.0 Å². The minimum absolute atomic E-state index is 0.195. The summed E-state index contributed by atoms with van der Waals surface area (Å²) in [7, 11) is 0. The summed E-state index contributed by atoms with van der Waals surface area (Å²) in [5.74, 6) is 1.69. The molecule has 6 heteroatoms. The number of rotatable bonds is 36. The Bertz CT molecular complexity index is 3900. The molecule has 0 fully saturated rings. The van der Waals surface area contributed by atoms with E-state index in [2.05, 4.69) is 232 Å². The molecule has 0 saturated carbocycles. The summed E-state index contributed by atoms with van der Waals surface area (Å²) < 4.78 is 25.3. The topological polar surface area (TPSA) is 43.4 Å². The van der Waals surface area contributed by atoms with Crippen LogP contribution in [0, 0.1) is 0 Å². The zero-order valence-electron chi connectivity index (χ0n) is 61.8. The van der Waals surface area contributed by atoms with Crippen molar-refractivity contribution in [2.24, 2.45) is 0 Å². The van der Waals surface area contributed by atoms with Crippen LogP contribution in [0.15, 0.2) is 194 Å². The fourth-order valence-corrected chi connectivity index (χ4v) is 17.5. The number of para-hydroxylation sites is 4. The third kappa shape index (κ3) is 14.9. The second-order valence-electron chi connectivity index (χ2n) is 30.5. The minimum Gasteiger partial charge on any atom is -0.449 e. The maximum Gasteiger partial charge on any atom is 0.246 e.